The monoisotopic (exact) mass is 266 g/mol. The van der Waals surface area contributed by atoms with E-state index in [4.69, 9.17) is 9.47 Å². The van der Waals surface area contributed by atoms with Crippen LogP contribution in [0.1, 0.15) is 45.2 Å². The number of nitrogens with one attached hydrogen (secondary N) is 1. The van der Waals surface area contributed by atoms with Crippen LogP contribution in [0.4, 0.5) is 0 Å². The second-order valence-corrected chi connectivity index (χ2v) is 4.47. The van der Waals surface area contributed by atoms with Crippen molar-refractivity contribution in [2.45, 2.75) is 39.7 Å². The van der Waals surface area contributed by atoms with Crippen molar-refractivity contribution in [3.63, 3.8) is 0 Å². The van der Waals surface area contributed by atoms with E-state index in [0.717, 1.165) is 43.9 Å². The fraction of sp³-hybridized carbons (Fsp3) is 0.667. The maximum Gasteiger partial charge on any atom is 0.137 e. The van der Waals surface area contributed by atoms with Gasteiger partial charge in [0.15, 0.2) is 0 Å². The Bertz CT molecular complexity index is 337. The Hall–Kier alpha value is -1.13. The SMILES string of the molecule is CCCNC(COCC)c1cncc(OCCC)c1. The van der Waals surface area contributed by atoms with Gasteiger partial charge in [-0.15, -0.1) is 0 Å². The molecule has 1 aromatic rings. The lowest BCUT2D eigenvalue weighted by atomic mass is 10.1. The lowest BCUT2D eigenvalue weighted by molar-refractivity contribution is 0.123. The van der Waals surface area contributed by atoms with E-state index in [9.17, 15) is 0 Å². The summed E-state index contributed by atoms with van der Waals surface area (Å²) in [7, 11) is 0. The zero-order valence-corrected chi connectivity index (χ0v) is 12.3. The molecule has 0 aliphatic rings. The quantitative estimate of drug-likeness (QED) is 0.707. The van der Waals surface area contributed by atoms with Crippen LogP contribution in [-0.2, 0) is 4.74 Å². The average Bonchev–Trinajstić information content (AvgIpc) is 2.45. The molecule has 0 spiro atoms. The van der Waals surface area contributed by atoms with E-state index in [1.165, 1.54) is 0 Å². The molecule has 0 aromatic carbocycles. The molecule has 0 saturated carbocycles. The smallest absolute Gasteiger partial charge is 0.137 e. The molecule has 108 valence electrons. The molecule has 0 saturated heterocycles. The molecule has 0 amide bonds. The first-order valence-corrected chi connectivity index (χ1v) is 7.20. The van der Waals surface area contributed by atoms with E-state index >= 15 is 0 Å². The molecule has 1 N–H and O–H groups in total. The zero-order valence-electron chi connectivity index (χ0n) is 12.3. The Balaban J connectivity index is 2.69. The summed E-state index contributed by atoms with van der Waals surface area (Å²) in [6.07, 6.45) is 5.74. The molecule has 19 heavy (non-hydrogen) atoms. The molecule has 1 aromatic heterocycles. The van der Waals surface area contributed by atoms with E-state index in [0.29, 0.717) is 6.61 Å². The number of rotatable bonds is 10. The van der Waals surface area contributed by atoms with Crippen molar-refractivity contribution in [2.75, 3.05) is 26.4 Å². The summed E-state index contributed by atoms with van der Waals surface area (Å²) in [6, 6.07) is 2.23. The summed E-state index contributed by atoms with van der Waals surface area (Å²) in [5, 5.41) is 3.48. The molecule has 1 heterocycles. The van der Waals surface area contributed by atoms with Gasteiger partial charge in [-0.1, -0.05) is 13.8 Å². The summed E-state index contributed by atoms with van der Waals surface area (Å²) in [6.45, 7) is 9.35. The second kappa shape index (κ2) is 9.75. The summed E-state index contributed by atoms with van der Waals surface area (Å²) in [5.41, 5.74) is 1.12. The lowest BCUT2D eigenvalue weighted by Gasteiger charge is -2.19. The highest BCUT2D eigenvalue weighted by Gasteiger charge is 2.12. The van der Waals surface area contributed by atoms with Gasteiger partial charge in [0.25, 0.3) is 0 Å². The third-order valence-corrected chi connectivity index (χ3v) is 2.74. The standard InChI is InChI=1S/C15H26N2O2/c1-4-7-17-15(12-18-6-3)13-9-14(11-16-10-13)19-8-5-2/h9-11,15,17H,4-8,12H2,1-3H3. The maximum atomic E-state index is 5.62. The van der Waals surface area contributed by atoms with Crippen LogP contribution in [0.5, 0.6) is 5.75 Å². The summed E-state index contributed by atoms with van der Waals surface area (Å²) in [4.78, 5) is 4.25. The number of aromatic nitrogens is 1. The molecule has 4 nitrogen and oxygen atoms in total. The third-order valence-electron chi connectivity index (χ3n) is 2.74. The van der Waals surface area contributed by atoms with Crippen molar-refractivity contribution in [2.24, 2.45) is 0 Å². The molecule has 0 radical (unpaired) electrons. The van der Waals surface area contributed by atoms with Crippen LogP contribution in [0.3, 0.4) is 0 Å². The van der Waals surface area contributed by atoms with E-state index in [-0.39, 0.29) is 6.04 Å². The van der Waals surface area contributed by atoms with Crippen molar-refractivity contribution in [3.05, 3.63) is 24.0 Å². The lowest BCUT2D eigenvalue weighted by Crippen LogP contribution is -2.26. The van der Waals surface area contributed by atoms with Crippen LogP contribution in [0.25, 0.3) is 0 Å². The second-order valence-electron chi connectivity index (χ2n) is 4.47. The van der Waals surface area contributed by atoms with Gasteiger partial charge in [-0.25, -0.2) is 0 Å². The van der Waals surface area contributed by atoms with Gasteiger partial charge in [-0.05, 0) is 37.9 Å². The zero-order chi connectivity index (χ0) is 13.9. The van der Waals surface area contributed by atoms with Gasteiger partial charge in [-0.3, -0.25) is 4.98 Å². The Morgan fingerprint density at radius 2 is 2.05 bits per heavy atom. The van der Waals surface area contributed by atoms with Gasteiger partial charge in [0.2, 0.25) is 0 Å². The first-order chi connectivity index (χ1) is 9.31. The summed E-state index contributed by atoms with van der Waals surface area (Å²) < 4.78 is 11.2. The molecular formula is C15H26N2O2. The first-order valence-electron chi connectivity index (χ1n) is 7.20. The van der Waals surface area contributed by atoms with Crippen LogP contribution in [0, 0.1) is 0 Å². The van der Waals surface area contributed by atoms with Crippen LogP contribution in [0.2, 0.25) is 0 Å². The van der Waals surface area contributed by atoms with E-state index in [1.54, 1.807) is 6.20 Å². The molecule has 1 atom stereocenters. The minimum atomic E-state index is 0.178. The predicted molar refractivity (Wildman–Crippen MR) is 77.6 cm³/mol. The fourth-order valence-corrected chi connectivity index (χ4v) is 1.75. The first kappa shape index (κ1) is 15.9. The van der Waals surface area contributed by atoms with Gasteiger partial charge in [-0.2, -0.15) is 0 Å². The Kier molecular flexibility index (Phi) is 8.18. The number of hydrogen-bond acceptors (Lipinski definition) is 4. The van der Waals surface area contributed by atoms with Crippen molar-refractivity contribution >= 4 is 0 Å². The van der Waals surface area contributed by atoms with Crippen molar-refractivity contribution in [1.29, 1.82) is 0 Å². The Morgan fingerprint density at radius 3 is 2.74 bits per heavy atom. The summed E-state index contributed by atoms with van der Waals surface area (Å²) in [5.74, 6) is 0.833. The molecule has 0 aliphatic heterocycles. The van der Waals surface area contributed by atoms with E-state index in [2.05, 4.69) is 30.2 Å². The topological polar surface area (TPSA) is 43.4 Å². The predicted octanol–water partition coefficient (Wildman–Crippen LogP) is 2.95. The summed E-state index contributed by atoms with van der Waals surface area (Å²) >= 11 is 0. The van der Waals surface area contributed by atoms with Crippen molar-refractivity contribution in [1.82, 2.24) is 10.3 Å². The fourth-order valence-electron chi connectivity index (χ4n) is 1.75. The minimum absolute atomic E-state index is 0.178. The number of ether oxygens (including phenoxy) is 2. The van der Waals surface area contributed by atoms with Crippen molar-refractivity contribution < 1.29 is 9.47 Å². The molecule has 1 unspecified atom stereocenters. The molecule has 0 bridgehead atoms. The normalized spacial score (nSPS) is 12.4. The van der Waals surface area contributed by atoms with E-state index < -0.39 is 0 Å². The van der Waals surface area contributed by atoms with Gasteiger partial charge in [0.05, 0.1) is 25.5 Å². The molecular weight excluding hydrogens is 240 g/mol. The van der Waals surface area contributed by atoms with E-state index in [1.807, 2.05) is 13.1 Å². The number of pyridine rings is 1. The van der Waals surface area contributed by atoms with Gasteiger partial charge in [0, 0.05) is 12.8 Å². The Morgan fingerprint density at radius 1 is 1.21 bits per heavy atom. The highest BCUT2D eigenvalue weighted by atomic mass is 16.5. The third kappa shape index (κ3) is 6.03. The maximum absolute atomic E-state index is 5.62. The molecule has 0 fully saturated rings. The minimum Gasteiger partial charge on any atom is -0.492 e. The Labute approximate surface area is 116 Å². The molecule has 0 aliphatic carbocycles. The highest BCUT2D eigenvalue weighted by molar-refractivity contribution is 5.26. The van der Waals surface area contributed by atoms with Crippen molar-refractivity contribution in [3.8, 4) is 5.75 Å². The van der Waals surface area contributed by atoms with Gasteiger partial charge >= 0.3 is 0 Å². The largest absolute Gasteiger partial charge is 0.492 e. The molecule has 4 heteroatoms. The molecule has 1 rings (SSSR count). The van der Waals surface area contributed by atoms with Crippen LogP contribution in [0.15, 0.2) is 18.5 Å². The van der Waals surface area contributed by atoms with Gasteiger partial charge < -0.3 is 14.8 Å². The average molecular weight is 266 g/mol. The van der Waals surface area contributed by atoms with Crippen LogP contribution < -0.4 is 10.1 Å². The number of nitrogens with zero attached hydrogens (tertiary/aromatic N) is 1. The van der Waals surface area contributed by atoms with Gasteiger partial charge in [0.1, 0.15) is 5.75 Å². The van der Waals surface area contributed by atoms with Crippen LogP contribution >= 0.6 is 0 Å². The van der Waals surface area contributed by atoms with Crippen LogP contribution in [-0.4, -0.2) is 31.3 Å². The highest BCUT2D eigenvalue weighted by Crippen LogP contribution is 2.18. The number of hydrogen-bond donors (Lipinski definition) is 1.